The first-order chi connectivity index (χ1) is 9.15. The van der Waals surface area contributed by atoms with Crippen LogP contribution in [0.5, 0.6) is 0 Å². The van der Waals surface area contributed by atoms with Crippen molar-refractivity contribution < 1.29 is 8.26 Å². The summed E-state index contributed by atoms with van der Waals surface area (Å²) in [5.41, 5.74) is 4.06. The Bertz CT molecular complexity index is 655. The van der Waals surface area contributed by atoms with Crippen molar-refractivity contribution in [1.82, 2.24) is 9.97 Å². The van der Waals surface area contributed by atoms with E-state index in [4.69, 9.17) is 0 Å². The van der Waals surface area contributed by atoms with Gasteiger partial charge >= 0.3 is 49.1 Å². The van der Waals surface area contributed by atoms with Crippen LogP contribution >= 0.6 is 40.8 Å². The zero-order chi connectivity index (χ0) is 13.8. The number of hydrogen-bond donors (Lipinski definition) is 0. The van der Waals surface area contributed by atoms with Gasteiger partial charge in [0.05, 0.1) is 11.0 Å². The number of hydrogen-bond acceptors (Lipinski definition) is 2. The quantitative estimate of drug-likeness (QED) is 0.302. The molecule has 0 saturated heterocycles. The Hall–Kier alpha value is 0.00649. The van der Waals surface area contributed by atoms with Crippen LogP contribution in [0.1, 0.15) is 11.4 Å². The molecule has 19 heavy (non-hydrogen) atoms. The van der Waals surface area contributed by atoms with E-state index in [-0.39, 0.29) is 0 Å². The van der Waals surface area contributed by atoms with Gasteiger partial charge in [0.2, 0.25) is 0 Å². The molecule has 0 amide bonds. The number of benzene rings is 1. The molecule has 0 aliphatic heterocycles. The average Bonchev–Trinajstić information content (AvgIpc) is 2.39. The van der Waals surface area contributed by atoms with Crippen LogP contribution in [0.15, 0.2) is 36.4 Å². The van der Waals surface area contributed by atoms with Gasteiger partial charge in [0.15, 0.2) is 0 Å². The van der Waals surface area contributed by atoms with E-state index in [0.29, 0.717) is 0 Å². The fraction of sp³-hybridized carbons (Fsp3) is 0.143. The van der Waals surface area contributed by atoms with Crippen LogP contribution in [0.4, 0.5) is 0 Å². The van der Waals surface area contributed by atoms with E-state index in [1.807, 2.05) is 26.0 Å². The number of fused-ring (bicyclic) bond motifs is 3. The average molecular weight is 521 g/mol. The van der Waals surface area contributed by atoms with Gasteiger partial charge in [0.1, 0.15) is 0 Å². The SMILES string of the molecule is Cc1ccc2ccc3ccc(C)nc3c2n1.[I][Co][I]. The van der Waals surface area contributed by atoms with Gasteiger partial charge < -0.3 is 0 Å². The molecule has 101 valence electrons. The normalized spacial score (nSPS) is 10.5. The molecule has 0 N–H and O–H groups in total. The second-order valence-electron chi connectivity index (χ2n) is 4.16. The van der Waals surface area contributed by atoms with E-state index in [2.05, 4.69) is 75.1 Å². The summed E-state index contributed by atoms with van der Waals surface area (Å²) in [6.07, 6.45) is 0. The summed E-state index contributed by atoms with van der Waals surface area (Å²) in [4.78, 5) is 9.16. The van der Waals surface area contributed by atoms with Crippen molar-refractivity contribution in [1.29, 1.82) is 0 Å². The first-order valence-corrected chi connectivity index (χ1v) is 12.3. The molecule has 0 aliphatic carbocycles. The van der Waals surface area contributed by atoms with E-state index in [1.54, 1.807) is 0 Å². The van der Waals surface area contributed by atoms with Crippen LogP contribution in [-0.4, -0.2) is 9.97 Å². The molecule has 5 heteroatoms. The van der Waals surface area contributed by atoms with Gasteiger partial charge in [0.25, 0.3) is 0 Å². The molecule has 0 saturated carbocycles. The van der Waals surface area contributed by atoms with Crippen molar-refractivity contribution in [3.8, 4) is 0 Å². The summed E-state index contributed by atoms with van der Waals surface area (Å²) in [6.45, 7) is 4.02. The molecule has 3 aromatic rings. The molecule has 0 bridgehead atoms. The number of aromatic nitrogens is 2. The predicted molar refractivity (Wildman–Crippen MR) is 94.6 cm³/mol. The van der Waals surface area contributed by atoms with Crippen molar-refractivity contribution in [2.75, 3.05) is 0 Å². The van der Waals surface area contributed by atoms with Crippen LogP contribution in [0.25, 0.3) is 21.8 Å². The third kappa shape index (κ3) is 3.76. The van der Waals surface area contributed by atoms with Crippen molar-refractivity contribution >= 4 is 62.6 Å². The van der Waals surface area contributed by atoms with Gasteiger partial charge in [-0.15, -0.1) is 0 Å². The van der Waals surface area contributed by atoms with E-state index in [1.165, 1.54) is 8.26 Å². The zero-order valence-corrected chi connectivity index (χ0v) is 15.8. The molecular weight excluding hydrogens is 509 g/mol. The maximum absolute atomic E-state index is 4.58. The van der Waals surface area contributed by atoms with E-state index >= 15 is 0 Å². The number of aryl methyl sites for hydroxylation is 2. The third-order valence-electron chi connectivity index (χ3n) is 2.80. The molecule has 0 fully saturated rings. The Morgan fingerprint density at radius 1 is 0.737 bits per heavy atom. The van der Waals surface area contributed by atoms with Gasteiger partial charge in [-0.3, -0.25) is 9.97 Å². The predicted octanol–water partition coefficient (Wildman–Crippen LogP) is 5.17. The minimum atomic E-state index is 1.00. The summed E-state index contributed by atoms with van der Waals surface area (Å²) in [6, 6.07) is 12.5. The van der Waals surface area contributed by atoms with E-state index < -0.39 is 0 Å². The summed E-state index contributed by atoms with van der Waals surface area (Å²) in [5, 5.41) is 2.30. The van der Waals surface area contributed by atoms with Crippen molar-refractivity contribution in [2.24, 2.45) is 0 Å². The third-order valence-corrected chi connectivity index (χ3v) is 2.80. The van der Waals surface area contributed by atoms with Gasteiger partial charge in [-0.25, -0.2) is 0 Å². The summed E-state index contributed by atoms with van der Waals surface area (Å²) < 4.78 is 0. The first kappa shape index (κ1) is 15.4. The van der Waals surface area contributed by atoms with Crippen LogP contribution in [0.2, 0.25) is 0 Å². The Kier molecular flexibility index (Phi) is 5.79. The Morgan fingerprint density at radius 3 is 1.42 bits per heavy atom. The first-order valence-electron chi connectivity index (χ1n) is 5.63. The second kappa shape index (κ2) is 7.14. The summed E-state index contributed by atoms with van der Waals surface area (Å²) in [7, 11) is 1.38. The van der Waals surface area contributed by atoms with Gasteiger partial charge in [-0.1, -0.05) is 24.3 Å². The summed E-state index contributed by atoms with van der Waals surface area (Å²) in [5.74, 6) is 0. The standard InChI is InChI=1S/C14H12N2.Co.2HI/c1-9-3-5-11-7-8-12-6-4-10(2)16-14(12)13(11)15-9;;;/h3-8H,1-2H3;;2*1H/q;+2;;/p-2. The molecule has 2 heterocycles. The molecule has 0 aliphatic rings. The van der Waals surface area contributed by atoms with Crippen LogP contribution in [-0.2, 0) is 8.26 Å². The fourth-order valence-corrected chi connectivity index (χ4v) is 1.96. The Labute approximate surface area is 141 Å². The van der Waals surface area contributed by atoms with Crippen LogP contribution in [0, 0.1) is 13.8 Å². The van der Waals surface area contributed by atoms with Crippen molar-refractivity contribution in [3.05, 3.63) is 47.8 Å². The molecule has 0 radical (unpaired) electrons. The van der Waals surface area contributed by atoms with Crippen molar-refractivity contribution in [3.63, 3.8) is 0 Å². The summed E-state index contributed by atoms with van der Waals surface area (Å²) >= 11 is 4.49. The van der Waals surface area contributed by atoms with Gasteiger partial charge in [0, 0.05) is 22.2 Å². The molecule has 2 nitrogen and oxygen atoms in total. The number of rotatable bonds is 0. The number of nitrogens with zero attached hydrogens (tertiary/aromatic N) is 2. The molecule has 0 spiro atoms. The minimum absolute atomic E-state index is 1.00. The van der Waals surface area contributed by atoms with Gasteiger partial charge in [-0.05, 0) is 26.0 Å². The Morgan fingerprint density at radius 2 is 1.05 bits per heavy atom. The number of halogens is 2. The molecule has 2 aromatic heterocycles. The van der Waals surface area contributed by atoms with Gasteiger partial charge in [-0.2, -0.15) is 0 Å². The van der Waals surface area contributed by atoms with Crippen LogP contribution in [0.3, 0.4) is 0 Å². The van der Waals surface area contributed by atoms with Crippen LogP contribution < -0.4 is 0 Å². The number of pyridine rings is 2. The molecular formula is C14H12CoI2N2. The fourth-order valence-electron chi connectivity index (χ4n) is 1.96. The molecule has 1 aromatic carbocycles. The zero-order valence-electron chi connectivity index (χ0n) is 10.4. The van der Waals surface area contributed by atoms with E-state index in [9.17, 15) is 0 Å². The van der Waals surface area contributed by atoms with Crippen molar-refractivity contribution in [2.45, 2.75) is 13.8 Å². The molecule has 3 rings (SSSR count). The topological polar surface area (TPSA) is 25.8 Å². The molecule has 0 atom stereocenters. The maximum atomic E-state index is 4.58. The molecule has 0 unspecified atom stereocenters. The van der Waals surface area contributed by atoms with E-state index in [0.717, 1.165) is 33.2 Å². The monoisotopic (exact) mass is 521 g/mol. The Balaban J connectivity index is 0.000000408. The second-order valence-corrected chi connectivity index (χ2v) is 12.9.